The summed E-state index contributed by atoms with van der Waals surface area (Å²) in [5, 5.41) is 11.8. The lowest BCUT2D eigenvalue weighted by Gasteiger charge is -2.25. The third-order valence-corrected chi connectivity index (χ3v) is 2.66. The molecular weight excluding hydrogens is 208 g/mol. The number of aliphatic carboxylic acids is 1. The molecule has 0 aromatic rings. The molecule has 0 atom stereocenters. The van der Waals surface area contributed by atoms with Gasteiger partial charge < -0.3 is 15.3 Å². The molecule has 0 aromatic carbocycles. The van der Waals surface area contributed by atoms with Crippen LogP contribution in [0.1, 0.15) is 26.7 Å². The molecule has 5 heteroatoms. The van der Waals surface area contributed by atoms with E-state index in [1.807, 2.05) is 13.8 Å². The zero-order valence-electron chi connectivity index (χ0n) is 9.90. The van der Waals surface area contributed by atoms with Crippen LogP contribution in [0, 0.1) is 5.92 Å². The van der Waals surface area contributed by atoms with E-state index in [2.05, 4.69) is 5.32 Å². The van der Waals surface area contributed by atoms with Crippen molar-refractivity contribution in [2.75, 3.05) is 19.6 Å². The van der Waals surface area contributed by atoms with E-state index in [1.165, 1.54) is 17.7 Å². The number of carboxylic acid groups (broad SMARTS) is 1. The molecule has 1 saturated carbocycles. The predicted molar refractivity (Wildman–Crippen MR) is 60.1 cm³/mol. The Morgan fingerprint density at radius 1 is 1.44 bits per heavy atom. The molecule has 1 rings (SSSR count). The predicted octanol–water partition coefficient (Wildman–Crippen LogP) is 0.308. The molecule has 1 amide bonds. The fraction of sp³-hybridized carbons (Fsp3) is 0.818. The molecular formula is C11H20N2O3. The fourth-order valence-corrected chi connectivity index (χ4v) is 1.51. The molecule has 0 aliphatic heterocycles. The third-order valence-electron chi connectivity index (χ3n) is 2.66. The molecule has 0 saturated heterocycles. The molecule has 5 nitrogen and oxygen atoms in total. The van der Waals surface area contributed by atoms with E-state index >= 15 is 0 Å². The van der Waals surface area contributed by atoms with E-state index in [9.17, 15) is 9.59 Å². The summed E-state index contributed by atoms with van der Waals surface area (Å²) in [6.07, 6.45) is 2.48. The summed E-state index contributed by atoms with van der Waals surface area (Å²) in [4.78, 5) is 23.7. The largest absolute Gasteiger partial charge is 0.480 e. The Morgan fingerprint density at radius 3 is 2.50 bits per heavy atom. The maximum Gasteiger partial charge on any atom is 0.323 e. The van der Waals surface area contributed by atoms with Crippen molar-refractivity contribution in [3.63, 3.8) is 0 Å². The highest BCUT2D eigenvalue weighted by Crippen LogP contribution is 2.27. The van der Waals surface area contributed by atoms with Crippen LogP contribution < -0.4 is 5.32 Å². The lowest BCUT2D eigenvalue weighted by molar-refractivity contribution is -0.145. The first-order valence-electron chi connectivity index (χ1n) is 5.72. The molecule has 0 heterocycles. The first-order chi connectivity index (χ1) is 7.50. The van der Waals surface area contributed by atoms with Gasteiger partial charge in [-0.1, -0.05) is 0 Å². The second-order valence-corrected chi connectivity index (χ2v) is 4.58. The van der Waals surface area contributed by atoms with E-state index in [-0.39, 0.29) is 25.0 Å². The van der Waals surface area contributed by atoms with Crippen molar-refractivity contribution in [2.24, 2.45) is 5.92 Å². The Morgan fingerprint density at radius 2 is 2.06 bits per heavy atom. The summed E-state index contributed by atoms with van der Waals surface area (Å²) >= 11 is 0. The average Bonchev–Trinajstić information content (AvgIpc) is 2.97. The summed E-state index contributed by atoms with van der Waals surface area (Å²) in [6, 6.07) is -0.0775. The summed E-state index contributed by atoms with van der Waals surface area (Å²) in [5.74, 6) is -0.387. The SMILES string of the molecule is CC(C)N(CC(=O)O)C(=O)CNCC1CC1. The second-order valence-electron chi connectivity index (χ2n) is 4.58. The summed E-state index contributed by atoms with van der Waals surface area (Å²) in [6.45, 7) is 4.53. The zero-order chi connectivity index (χ0) is 12.1. The van der Waals surface area contributed by atoms with Crippen LogP contribution in [-0.4, -0.2) is 47.6 Å². The van der Waals surface area contributed by atoms with Crippen molar-refractivity contribution in [1.29, 1.82) is 0 Å². The maximum absolute atomic E-state index is 11.7. The topological polar surface area (TPSA) is 69.6 Å². The number of hydrogen-bond donors (Lipinski definition) is 2. The van der Waals surface area contributed by atoms with Gasteiger partial charge in [0.15, 0.2) is 0 Å². The van der Waals surface area contributed by atoms with E-state index in [0.717, 1.165) is 12.5 Å². The molecule has 92 valence electrons. The highest BCUT2D eigenvalue weighted by Gasteiger charge is 2.22. The van der Waals surface area contributed by atoms with Crippen LogP contribution in [0.3, 0.4) is 0 Å². The van der Waals surface area contributed by atoms with E-state index in [1.54, 1.807) is 0 Å². The van der Waals surface area contributed by atoms with Crippen molar-refractivity contribution in [2.45, 2.75) is 32.7 Å². The monoisotopic (exact) mass is 228 g/mol. The second kappa shape index (κ2) is 5.84. The van der Waals surface area contributed by atoms with E-state index in [0.29, 0.717) is 0 Å². The van der Waals surface area contributed by atoms with Gasteiger partial charge in [-0.3, -0.25) is 9.59 Å². The van der Waals surface area contributed by atoms with Gasteiger partial charge in [0.25, 0.3) is 0 Å². The molecule has 1 aliphatic rings. The molecule has 2 N–H and O–H groups in total. The maximum atomic E-state index is 11.7. The fourth-order valence-electron chi connectivity index (χ4n) is 1.51. The minimum absolute atomic E-state index is 0.0775. The molecule has 0 radical (unpaired) electrons. The molecule has 16 heavy (non-hydrogen) atoms. The van der Waals surface area contributed by atoms with Gasteiger partial charge in [-0.25, -0.2) is 0 Å². The molecule has 1 aliphatic carbocycles. The number of carboxylic acids is 1. The van der Waals surface area contributed by atoms with Crippen LogP contribution >= 0.6 is 0 Å². The number of carbonyl (C=O) groups excluding carboxylic acids is 1. The minimum atomic E-state index is -0.968. The Labute approximate surface area is 95.8 Å². The van der Waals surface area contributed by atoms with Crippen LogP contribution in [-0.2, 0) is 9.59 Å². The highest BCUT2D eigenvalue weighted by molar-refractivity contribution is 5.83. The highest BCUT2D eigenvalue weighted by atomic mass is 16.4. The summed E-state index contributed by atoms with van der Waals surface area (Å²) in [7, 11) is 0. The molecule has 0 spiro atoms. The van der Waals surface area contributed by atoms with Gasteiger partial charge in [0.1, 0.15) is 6.54 Å². The number of nitrogens with one attached hydrogen (secondary N) is 1. The number of nitrogens with zero attached hydrogens (tertiary/aromatic N) is 1. The number of rotatable bonds is 7. The number of hydrogen-bond acceptors (Lipinski definition) is 3. The van der Waals surface area contributed by atoms with Gasteiger partial charge in [0.05, 0.1) is 6.54 Å². The van der Waals surface area contributed by atoms with Crippen LogP contribution in [0.25, 0.3) is 0 Å². The first kappa shape index (κ1) is 13.0. The van der Waals surface area contributed by atoms with Crippen molar-refractivity contribution >= 4 is 11.9 Å². The number of carbonyl (C=O) groups is 2. The lowest BCUT2D eigenvalue weighted by atomic mass is 10.3. The molecule has 0 unspecified atom stereocenters. The smallest absolute Gasteiger partial charge is 0.323 e. The standard InChI is InChI=1S/C11H20N2O3/c1-8(2)13(7-11(15)16)10(14)6-12-5-9-3-4-9/h8-9,12H,3-7H2,1-2H3,(H,15,16). The third kappa shape index (κ3) is 4.61. The first-order valence-corrected chi connectivity index (χ1v) is 5.72. The van der Waals surface area contributed by atoms with E-state index < -0.39 is 5.97 Å². The quantitative estimate of drug-likeness (QED) is 0.658. The number of amides is 1. The normalized spacial score (nSPS) is 15.2. The van der Waals surface area contributed by atoms with Gasteiger partial charge in [-0.15, -0.1) is 0 Å². The summed E-state index contributed by atoms with van der Waals surface area (Å²) in [5.41, 5.74) is 0. The van der Waals surface area contributed by atoms with Crippen molar-refractivity contribution in [3.8, 4) is 0 Å². The lowest BCUT2D eigenvalue weighted by Crippen LogP contribution is -2.45. The minimum Gasteiger partial charge on any atom is -0.480 e. The van der Waals surface area contributed by atoms with Gasteiger partial charge in [-0.2, -0.15) is 0 Å². The molecule has 1 fully saturated rings. The van der Waals surface area contributed by atoms with Crippen LogP contribution in [0.4, 0.5) is 0 Å². The molecule has 0 aromatic heterocycles. The van der Waals surface area contributed by atoms with Crippen molar-refractivity contribution in [1.82, 2.24) is 10.2 Å². The van der Waals surface area contributed by atoms with Crippen LogP contribution in [0.15, 0.2) is 0 Å². The van der Waals surface area contributed by atoms with Gasteiger partial charge in [0, 0.05) is 6.04 Å². The van der Waals surface area contributed by atoms with Crippen molar-refractivity contribution in [3.05, 3.63) is 0 Å². The average molecular weight is 228 g/mol. The van der Waals surface area contributed by atoms with Crippen molar-refractivity contribution < 1.29 is 14.7 Å². The Bertz CT molecular complexity index is 262. The Balaban J connectivity index is 2.30. The zero-order valence-corrected chi connectivity index (χ0v) is 9.90. The Kier molecular flexibility index (Phi) is 4.73. The Hall–Kier alpha value is -1.10. The van der Waals surface area contributed by atoms with E-state index in [4.69, 9.17) is 5.11 Å². The van der Waals surface area contributed by atoms with Crippen LogP contribution in [0.5, 0.6) is 0 Å². The molecule has 0 bridgehead atoms. The van der Waals surface area contributed by atoms with Gasteiger partial charge in [-0.05, 0) is 39.2 Å². The summed E-state index contributed by atoms with van der Waals surface area (Å²) < 4.78 is 0. The van der Waals surface area contributed by atoms with Gasteiger partial charge >= 0.3 is 5.97 Å². The van der Waals surface area contributed by atoms with Gasteiger partial charge in [0.2, 0.25) is 5.91 Å². The van der Waals surface area contributed by atoms with Crippen LogP contribution in [0.2, 0.25) is 0 Å².